The SMILES string of the molecule is NC(=O)OC(O)c1ccccc1. The first-order chi connectivity index (χ1) is 5.70. The van der Waals surface area contributed by atoms with Crippen LogP contribution in [0.3, 0.4) is 0 Å². The van der Waals surface area contributed by atoms with Crippen molar-refractivity contribution in [2.75, 3.05) is 0 Å². The maximum Gasteiger partial charge on any atom is 0.407 e. The van der Waals surface area contributed by atoms with Crippen molar-refractivity contribution in [3.8, 4) is 0 Å². The second kappa shape index (κ2) is 3.73. The van der Waals surface area contributed by atoms with E-state index in [4.69, 9.17) is 10.8 Å². The molecule has 0 aliphatic heterocycles. The first-order valence-electron chi connectivity index (χ1n) is 3.39. The molecule has 1 atom stereocenters. The van der Waals surface area contributed by atoms with Crippen LogP contribution in [-0.2, 0) is 4.74 Å². The van der Waals surface area contributed by atoms with Crippen LogP contribution >= 0.6 is 0 Å². The predicted molar refractivity (Wildman–Crippen MR) is 42.1 cm³/mol. The van der Waals surface area contributed by atoms with Gasteiger partial charge in [-0.15, -0.1) is 0 Å². The number of aliphatic hydroxyl groups excluding tert-OH is 1. The number of carbonyl (C=O) groups excluding carboxylic acids is 1. The zero-order valence-electron chi connectivity index (χ0n) is 6.31. The monoisotopic (exact) mass is 167 g/mol. The number of primary amides is 1. The van der Waals surface area contributed by atoms with Crippen LogP contribution < -0.4 is 5.73 Å². The molecule has 0 saturated carbocycles. The number of ether oxygens (including phenoxy) is 1. The molecule has 0 aromatic heterocycles. The van der Waals surface area contributed by atoms with E-state index >= 15 is 0 Å². The molecular weight excluding hydrogens is 158 g/mol. The van der Waals surface area contributed by atoms with Crippen LogP contribution in [0.5, 0.6) is 0 Å². The molecule has 1 aromatic carbocycles. The normalized spacial score (nSPS) is 12.1. The smallest absolute Gasteiger partial charge is 0.407 e. The first kappa shape index (κ1) is 8.55. The number of carbonyl (C=O) groups is 1. The van der Waals surface area contributed by atoms with Crippen LogP contribution in [0, 0.1) is 0 Å². The molecule has 0 spiro atoms. The maximum atomic E-state index is 10.2. The van der Waals surface area contributed by atoms with Crippen LogP contribution in [0.1, 0.15) is 11.9 Å². The van der Waals surface area contributed by atoms with Gasteiger partial charge in [0.25, 0.3) is 0 Å². The third kappa shape index (κ3) is 2.25. The van der Waals surface area contributed by atoms with Gasteiger partial charge in [-0.1, -0.05) is 30.3 Å². The Balaban J connectivity index is 2.65. The highest BCUT2D eigenvalue weighted by molar-refractivity contribution is 5.64. The minimum Gasteiger partial charge on any atom is -0.415 e. The Morgan fingerprint density at radius 1 is 1.42 bits per heavy atom. The number of amides is 1. The Hall–Kier alpha value is -1.55. The van der Waals surface area contributed by atoms with E-state index in [1.165, 1.54) is 0 Å². The predicted octanol–water partition coefficient (Wildman–Crippen LogP) is 0.773. The van der Waals surface area contributed by atoms with E-state index < -0.39 is 12.4 Å². The van der Waals surface area contributed by atoms with Crippen molar-refractivity contribution in [2.24, 2.45) is 5.73 Å². The number of benzene rings is 1. The molecule has 64 valence electrons. The summed E-state index contributed by atoms with van der Waals surface area (Å²) < 4.78 is 4.33. The lowest BCUT2D eigenvalue weighted by molar-refractivity contribution is -0.0510. The Kier molecular flexibility index (Phi) is 2.66. The third-order valence-electron chi connectivity index (χ3n) is 1.31. The van der Waals surface area contributed by atoms with Gasteiger partial charge in [0, 0.05) is 5.56 Å². The lowest BCUT2D eigenvalue weighted by Crippen LogP contribution is -2.16. The van der Waals surface area contributed by atoms with Crippen molar-refractivity contribution in [2.45, 2.75) is 6.29 Å². The third-order valence-corrected chi connectivity index (χ3v) is 1.31. The molecule has 12 heavy (non-hydrogen) atoms. The van der Waals surface area contributed by atoms with Gasteiger partial charge in [-0.3, -0.25) is 0 Å². The molecule has 4 heteroatoms. The van der Waals surface area contributed by atoms with Crippen molar-refractivity contribution in [3.63, 3.8) is 0 Å². The Morgan fingerprint density at radius 2 is 2.00 bits per heavy atom. The lowest BCUT2D eigenvalue weighted by atomic mass is 10.2. The highest BCUT2D eigenvalue weighted by atomic mass is 16.6. The number of aliphatic hydroxyl groups is 1. The molecular formula is C8H9NO3. The van der Waals surface area contributed by atoms with E-state index in [0.717, 1.165) is 0 Å². The van der Waals surface area contributed by atoms with Crippen molar-refractivity contribution >= 4 is 6.09 Å². The summed E-state index contributed by atoms with van der Waals surface area (Å²) in [6.07, 6.45) is -2.27. The fraction of sp³-hybridized carbons (Fsp3) is 0.125. The minimum absolute atomic E-state index is 0.497. The molecule has 0 aliphatic carbocycles. The second-order valence-electron chi connectivity index (χ2n) is 2.20. The molecule has 1 aromatic rings. The fourth-order valence-corrected chi connectivity index (χ4v) is 0.796. The lowest BCUT2D eigenvalue weighted by Gasteiger charge is -2.09. The molecule has 3 N–H and O–H groups in total. The van der Waals surface area contributed by atoms with Crippen LogP contribution in [-0.4, -0.2) is 11.2 Å². The summed E-state index contributed by atoms with van der Waals surface area (Å²) in [6.45, 7) is 0. The summed E-state index contributed by atoms with van der Waals surface area (Å²) in [6, 6.07) is 8.51. The minimum atomic E-state index is -1.27. The second-order valence-corrected chi connectivity index (χ2v) is 2.20. The maximum absolute atomic E-state index is 10.2. The highest BCUT2D eigenvalue weighted by Gasteiger charge is 2.08. The molecule has 0 radical (unpaired) electrons. The fourth-order valence-electron chi connectivity index (χ4n) is 0.796. The average Bonchev–Trinajstić information content (AvgIpc) is 2.05. The largest absolute Gasteiger partial charge is 0.415 e. The number of hydrogen-bond donors (Lipinski definition) is 2. The number of nitrogens with two attached hydrogens (primary N) is 1. The van der Waals surface area contributed by atoms with Crippen LogP contribution in [0.15, 0.2) is 30.3 Å². The summed E-state index contributed by atoms with van der Waals surface area (Å²) >= 11 is 0. The molecule has 0 saturated heterocycles. The van der Waals surface area contributed by atoms with Gasteiger partial charge in [-0.2, -0.15) is 0 Å². The summed E-state index contributed by atoms with van der Waals surface area (Å²) in [4.78, 5) is 10.2. The summed E-state index contributed by atoms with van der Waals surface area (Å²) in [5.41, 5.74) is 5.21. The number of hydrogen-bond acceptors (Lipinski definition) is 3. The molecule has 0 fully saturated rings. The highest BCUT2D eigenvalue weighted by Crippen LogP contribution is 2.12. The van der Waals surface area contributed by atoms with Gasteiger partial charge in [-0.25, -0.2) is 4.79 Å². The van der Waals surface area contributed by atoms with E-state index in [0.29, 0.717) is 5.56 Å². The molecule has 0 heterocycles. The van der Waals surface area contributed by atoms with E-state index in [2.05, 4.69) is 4.74 Å². The summed E-state index contributed by atoms with van der Waals surface area (Å²) in [5.74, 6) is 0. The van der Waals surface area contributed by atoms with Crippen LogP contribution in [0.4, 0.5) is 4.79 Å². The first-order valence-corrected chi connectivity index (χ1v) is 3.39. The van der Waals surface area contributed by atoms with Gasteiger partial charge < -0.3 is 15.6 Å². The number of rotatable bonds is 2. The molecule has 1 amide bonds. The van der Waals surface area contributed by atoms with Crippen molar-refractivity contribution < 1.29 is 14.6 Å². The van der Waals surface area contributed by atoms with Crippen molar-refractivity contribution in [1.82, 2.24) is 0 Å². The van der Waals surface area contributed by atoms with Crippen molar-refractivity contribution in [3.05, 3.63) is 35.9 Å². The summed E-state index contributed by atoms with van der Waals surface area (Å²) in [7, 11) is 0. The van der Waals surface area contributed by atoms with Gasteiger partial charge in [0.2, 0.25) is 6.29 Å². The Labute approximate surface area is 69.6 Å². The van der Waals surface area contributed by atoms with E-state index in [1.54, 1.807) is 30.3 Å². The Morgan fingerprint density at radius 3 is 2.50 bits per heavy atom. The standard InChI is InChI=1S/C8H9NO3/c9-8(11)12-7(10)6-4-2-1-3-5-6/h1-5,7,10H,(H2,9,11). The molecule has 4 nitrogen and oxygen atoms in total. The van der Waals surface area contributed by atoms with E-state index in [1.807, 2.05) is 0 Å². The Bertz CT molecular complexity index is 260. The summed E-state index contributed by atoms with van der Waals surface area (Å²) in [5, 5.41) is 9.17. The van der Waals surface area contributed by atoms with Gasteiger partial charge >= 0.3 is 6.09 Å². The van der Waals surface area contributed by atoms with E-state index in [-0.39, 0.29) is 0 Å². The molecule has 1 rings (SSSR count). The van der Waals surface area contributed by atoms with Gasteiger partial charge in [0.15, 0.2) is 0 Å². The quantitative estimate of drug-likeness (QED) is 0.639. The van der Waals surface area contributed by atoms with Gasteiger partial charge in [0.1, 0.15) is 0 Å². The van der Waals surface area contributed by atoms with Gasteiger partial charge in [0.05, 0.1) is 0 Å². The van der Waals surface area contributed by atoms with E-state index in [9.17, 15) is 4.79 Å². The van der Waals surface area contributed by atoms with Crippen molar-refractivity contribution in [1.29, 1.82) is 0 Å². The molecule has 1 unspecified atom stereocenters. The zero-order valence-corrected chi connectivity index (χ0v) is 6.31. The van der Waals surface area contributed by atoms with Crippen LogP contribution in [0.2, 0.25) is 0 Å². The topological polar surface area (TPSA) is 72.6 Å². The average molecular weight is 167 g/mol. The zero-order chi connectivity index (χ0) is 8.97. The van der Waals surface area contributed by atoms with Crippen LogP contribution in [0.25, 0.3) is 0 Å². The molecule has 0 bridgehead atoms. The molecule has 0 aliphatic rings. The van der Waals surface area contributed by atoms with Gasteiger partial charge in [-0.05, 0) is 0 Å².